The molecule has 0 heterocycles. The molecule has 0 spiro atoms. The molecule has 2 aromatic rings. The summed E-state index contributed by atoms with van der Waals surface area (Å²) in [6, 6.07) is 9.84. The topological polar surface area (TPSA) is 58.6 Å². The number of nitrogens with zero attached hydrogens (tertiary/aromatic N) is 1. The van der Waals surface area contributed by atoms with E-state index < -0.39 is 11.6 Å². The number of carbonyl (C=O) groups excluding carboxylic acids is 2. The maximum atomic E-state index is 13.1. The molecule has 1 N–H and O–H groups in total. The predicted octanol–water partition coefficient (Wildman–Crippen LogP) is 5.78. The molecule has 0 radical (unpaired) electrons. The van der Waals surface area contributed by atoms with Gasteiger partial charge in [-0.25, -0.2) is 0 Å². The Bertz CT molecular complexity index is 940. The average molecular weight is 530 g/mol. The molecule has 8 heteroatoms. The summed E-state index contributed by atoms with van der Waals surface area (Å²) in [5.41, 5.74) is 1.13. The van der Waals surface area contributed by atoms with Gasteiger partial charge in [0, 0.05) is 32.2 Å². The van der Waals surface area contributed by atoms with Crippen molar-refractivity contribution in [2.24, 2.45) is 0 Å². The summed E-state index contributed by atoms with van der Waals surface area (Å²) >= 11 is 16.1. The van der Waals surface area contributed by atoms with E-state index >= 15 is 0 Å². The highest BCUT2D eigenvalue weighted by Gasteiger charge is 2.29. The molecule has 1 atom stereocenters. The number of halogens is 3. The number of amides is 2. The molecule has 0 aliphatic rings. The van der Waals surface area contributed by atoms with E-state index in [9.17, 15) is 9.59 Å². The first-order valence-electron chi connectivity index (χ1n) is 9.82. The molecule has 2 amide bonds. The van der Waals surface area contributed by atoms with E-state index in [-0.39, 0.29) is 25.0 Å². The Balaban J connectivity index is 2.25. The molecule has 0 fully saturated rings. The molecule has 2 aromatic carbocycles. The number of nitrogens with one attached hydrogen (secondary N) is 1. The molecule has 0 unspecified atom stereocenters. The molecule has 0 aliphatic carbocycles. The zero-order chi connectivity index (χ0) is 23.3. The summed E-state index contributed by atoms with van der Waals surface area (Å²) in [7, 11) is 0. The van der Waals surface area contributed by atoms with Gasteiger partial charge in [-0.3, -0.25) is 9.59 Å². The van der Waals surface area contributed by atoms with Crippen LogP contribution >= 0.6 is 39.1 Å². The highest BCUT2D eigenvalue weighted by atomic mass is 79.9. The fourth-order valence-corrected chi connectivity index (χ4v) is 3.61. The van der Waals surface area contributed by atoms with Crippen LogP contribution in [0.2, 0.25) is 10.0 Å². The van der Waals surface area contributed by atoms with Gasteiger partial charge in [0.05, 0.1) is 0 Å². The Labute approximate surface area is 202 Å². The van der Waals surface area contributed by atoms with Gasteiger partial charge < -0.3 is 15.0 Å². The average Bonchev–Trinajstić information content (AvgIpc) is 2.66. The van der Waals surface area contributed by atoms with Crippen LogP contribution < -0.4 is 10.1 Å². The maximum Gasteiger partial charge on any atom is 0.261 e. The van der Waals surface area contributed by atoms with Crippen LogP contribution in [0.15, 0.2) is 40.9 Å². The first-order valence-corrected chi connectivity index (χ1v) is 11.4. The molecule has 31 heavy (non-hydrogen) atoms. The quantitative estimate of drug-likeness (QED) is 0.495. The second-order valence-electron chi connectivity index (χ2n) is 8.34. The van der Waals surface area contributed by atoms with Crippen molar-refractivity contribution in [2.45, 2.75) is 52.7 Å². The third kappa shape index (κ3) is 7.41. The van der Waals surface area contributed by atoms with Gasteiger partial charge in [0.15, 0.2) is 6.61 Å². The Morgan fingerprint density at radius 3 is 2.32 bits per heavy atom. The number of aryl methyl sites for hydroxylation is 1. The lowest BCUT2D eigenvalue weighted by Crippen LogP contribution is -2.53. The minimum atomic E-state index is -0.755. The molecule has 0 aliphatic heterocycles. The molecule has 168 valence electrons. The van der Waals surface area contributed by atoms with Gasteiger partial charge in [0.2, 0.25) is 5.91 Å². The minimum Gasteiger partial charge on any atom is -0.484 e. The molecule has 0 aromatic heterocycles. The van der Waals surface area contributed by atoms with E-state index in [0.29, 0.717) is 21.4 Å². The van der Waals surface area contributed by atoms with E-state index in [1.807, 2.05) is 39.8 Å². The molecular formula is C23H27BrCl2N2O3. The van der Waals surface area contributed by atoms with Crippen molar-refractivity contribution in [2.75, 3.05) is 6.61 Å². The number of ether oxygens (including phenoxy) is 1. The van der Waals surface area contributed by atoms with Gasteiger partial charge in [0.1, 0.15) is 11.8 Å². The standard InChI is InChI=1S/C23H27BrCl2N2O3/c1-14-11-16(9-10-18(14)24)31-13-21(29)28(15(2)22(30)27-23(3,4)5)12-17-19(25)7-6-8-20(17)26/h6-11,15H,12-13H2,1-5H3,(H,27,30)/t15-/m1/s1. The summed E-state index contributed by atoms with van der Waals surface area (Å²) in [4.78, 5) is 27.4. The molecule has 0 saturated carbocycles. The van der Waals surface area contributed by atoms with Crippen LogP contribution in [0.5, 0.6) is 5.75 Å². The zero-order valence-electron chi connectivity index (χ0n) is 18.3. The number of rotatable bonds is 7. The minimum absolute atomic E-state index is 0.0821. The predicted molar refractivity (Wildman–Crippen MR) is 129 cm³/mol. The van der Waals surface area contributed by atoms with Crippen LogP contribution in [0.4, 0.5) is 0 Å². The van der Waals surface area contributed by atoms with Gasteiger partial charge in [-0.15, -0.1) is 0 Å². The maximum absolute atomic E-state index is 13.1. The van der Waals surface area contributed by atoms with Gasteiger partial charge in [-0.1, -0.05) is 45.2 Å². The Kier molecular flexibility index (Phi) is 8.81. The lowest BCUT2D eigenvalue weighted by Gasteiger charge is -2.31. The lowest BCUT2D eigenvalue weighted by atomic mass is 10.1. The molecule has 0 bridgehead atoms. The first-order chi connectivity index (χ1) is 14.4. The number of benzene rings is 2. The molecule has 2 rings (SSSR count). The van der Waals surface area contributed by atoms with Crippen molar-refractivity contribution in [3.8, 4) is 5.75 Å². The van der Waals surface area contributed by atoms with Crippen LogP contribution in [-0.2, 0) is 16.1 Å². The fourth-order valence-electron chi connectivity index (χ4n) is 2.85. The van der Waals surface area contributed by atoms with Crippen molar-refractivity contribution < 1.29 is 14.3 Å². The van der Waals surface area contributed by atoms with E-state index in [4.69, 9.17) is 27.9 Å². The van der Waals surface area contributed by atoms with Gasteiger partial charge in [0.25, 0.3) is 5.91 Å². The van der Waals surface area contributed by atoms with Crippen LogP contribution in [0.25, 0.3) is 0 Å². The lowest BCUT2D eigenvalue weighted by molar-refractivity contribution is -0.142. The molecule has 0 saturated heterocycles. The van der Waals surface area contributed by atoms with Crippen molar-refractivity contribution >= 4 is 50.9 Å². The first kappa shape index (κ1) is 25.5. The highest BCUT2D eigenvalue weighted by molar-refractivity contribution is 9.10. The van der Waals surface area contributed by atoms with Crippen molar-refractivity contribution in [3.05, 3.63) is 62.0 Å². The van der Waals surface area contributed by atoms with Crippen molar-refractivity contribution in [3.63, 3.8) is 0 Å². The van der Waals surface area contributed by atoms with Crippen LogP contribution in [0.3, 0.4) is 0 Å². The van der Waals surface area contributed by atoms with E-state index in [2.05, 4.69) is 21.2 Å². The number of hydrogen-bond donors (Lipinski definition) is 1. The van der Waals surface area contributed by atoms with Crippen LogP contribution in [-0.4, -0.2) is 34.9 Å². The SMILES string of the molecule is Cc1cc(OCC(=O)N(Cc2c(Cl)cccc2Cl)[C@H](C)C(=O)NC(C)(C)C)ccc1Br. The summed E-state index contributed by atoms with van der Waals surface area (Å²) in [5.74, 6) is -0.0619. The zero-order valence-corrected chi connectivity index (χ0v) is 21.4. The fraction of sp³-hybridized carbons (Fsp3) is 0.391. The second-order valence-corrected chi connectivity index (χ2v) is 10.0. The highest BCUT2D eigenvalue weighted by Crippen LogP contribution is 2.27. The third-order valence-electron chi connectivity index (χ3n) is 4.55. The Morgan fingerprint density at radius 2 is 1.77 bits per heavy atom. The van der Waals surface area contributed by atoms with Gasteiger partial charge in [-0.05, 0) is 70.5 Å². The summed E-state index contributed by atoms with van der Waals surface area (Å²) < 4.78 is 6.66. The molecule has 5 nitrogen and oxygen atoms in total. The normalized spacial score (nSPS) is 12.3. The molecular weight excluding hydrogens is 503 g/mol. The van der Waals surface area contributed by atoms with E-state index in [1.165, 1.54) is 4.90 Å². The summed E-state index contributed by atoms with van der Waals surface area (Å²) in [6.07, 6.45) is 0. The second kappa shape index (κ2) is 10.7. The van der Waals surface area contributed by atoms with E-state index in [1.54, 1.807) is 31.2 Å². The monoisotopic (exact) mass is 528 g/mol. The third-order valence-corrected chi connectivity index (χ3v) is 6.15. The van der Waals surface area contributed by atoms with Crippen molar-refractivity contribution in [1.82, 2.24) is 10.2 Å². The van der Waals surface area contributed by atoms with E-state index in [0.717, 1.165) is 10.0 Å². The largest absolute Gasteiger partial charge is 0.484 e. The van der Waals surface area contributed by atoms with Gasteiger partial charge in [-0.2, -0.15) is 0 Å². The number of hydrogen-bond acceptors (Lipinski definition) is 3. The van der Waals surface area contributed by atoms with Crippen molar-refractivity contribution in [1.29, 1.82) is 0 Å². The number of carbonyl (C=O) groups is 2. The smallest absolute Gasteiger partial charge is 0.261 e. The van der Waals surface area contributed by atoms with Crippen LogP contribution in [0.1, 0.15) is 38.8 Å². The van der Waals surface area contributed by atoms with Crippen LogP contribution in [0, 0.1) is 6.92 Å². The Morgan fingerprint density at radius 1 is 1.16 bits per heavy atom. The summed E-state index contributed by atoms with van der Waals surface area (Å²) in [6.45, 7) is 9.11. The Hall–Kier alpha value is -1.76. The summed E-state index contributed by atoms with van der Waals surface area (Å²) in [5, 5.41) is 3.77. The van der Waals surface area contributed by atoms with Gasteiger partial charge >= 0.3 is 0 Å².